The van der Waals surface area contributed by atoms with E-state index in [2.05, 4.69) is 0 Å². The smallest absolute Gasteiger partial charge is 0.295 e. The molecule has 3 rings (SSSR count). The van der Waals surface area contributed by atoms with E-state index in [-0.39, 0.29) is 11.3 Å². The van der Waals surface area contributed by atoms with Gasteiger partial charge in [0.1, 0.15) is 11.5 Å². The molecule has 1 heterocycles. The summed E-state index contributed by atoms with van der Waals surface area (Å²) in [6, 6.07) is 12.9. The second-order valence-electron chi connectivity index (χ2n) is 6.62. The summed E-state index contributed by atoms with van der Waals surface area (Å²) in [6.07, 6.45) is 0.559. The van der Waals surface area contributed by atoms with E-state index in [9.17, 15) is 14.7 Å². The number of rotatable bonds is 7. The molecule has 1 aliphatic heterocycles. The highest BCUT2D eigenvalue weighted by Gasteiger charge is 2.45. The van der Waals surface area contributed by atoms with Crippen molar-refractivity contribution in [3.63, 3.8) is 0 Å². The number of halogens is 1. The molecular weight excluding hydrogens is 394 g/mol. The molecule has 29 heavy (non-hydrogen) atoms. The average Bonchev–Trinajstić information content (AvgIpc) is 2.98. The van der Waals surface area contributed by atoms with Crippen LogP contribution in [0.4, 0.5) is 0 Å². The SMILES string of the molecule is COCCCN1C(=O)C(=O)C(=C(O)c2ccc(OC)cc2)[C@@H]1c1cccc(Cl)c1. The quantitative estimate of drug-likeness (QED) is 0.322. The molecule has 0 aromatic heterocycles. The molecular formula is C22H22ClNO5. The van der Waals surface area contributed by atoms with Crippen LogP contribution in [-0.4, -0.2) is 49.1 Å². The minimum Gasteiger partial charge on any atom is -0.507 e. The lowest BCUT2D eigenvalue weighted by Crippen LogP contribution is -2.31. The number of carbonyl (C=O) groups is 2. The lowest BCUT2D eigenvalue weighted by Gasteiger charge is -2.25. The first-order valence-electron chi connectivity index (χ1n) is 9.15. The molecule has 7 heteroatoms. The van der Waals surface area contributed by atoms with Gasteiger partial charge in [-0.2, -0.15) is 0 Å². The zero-order valence-corrected chi connectivity index (χ0v) is 17.0. The third-order valence-corrected chi connectivity index (χ3v) is 5.05. The monoisotopic (exact) mass is 415 g/mol. The molecule has 1 atom stereocenters. The lowest BCUT2D eigenvalue weighted by atomic mass is 9.95. The largest absolute Gasteiger partial charge is 0.507 e. The Hall–Kier alpha value is -2.83. The summed E-state index contributed by atoms with van der Waals surface area (Å²) in [5.41, 5.74) is 1.12. The first-order valence-corrected chi connectivity index (χ1v) is 9.53. The number of likely N-dealkylation sites (tertiary alicyclic amines) is 1. The summed E-state index contributed by atoms with van der Waals surface area (Å²) < 4.78 is 10.2. The van der Waals surface area contributed by atoms with Gasteiger partial charge in [-0.3, -0.25) is 9.59 Å². The Kier molecular flexibility index (Phi) is 6.56. The maximum atomic E-state index is 12.9. The highest BCUT2D eigenvalue weighted by Crippen LogP contribution is 2.40. The van der Waals surface area contributed by atoms with E-state index in [0.717, 1.165) is 0 Å². The van der Waals surface area contributed by atoms with Gasteiger partial charge >= 0.3 is 0 Å². The van der Waals surface area contributed by atoms with E-state index in [1.54, 1.807) is 62.8 Å². The van der Waals surface area contributed by atoms with Crippen LogP contribution >= 0.6 is 11.6 Å². The van der Waals surface area contributed by atoms with Gasteiger partial charge in [0.15, 0.2) is 0 Å². The number of hydrogen-bond donors (Lipinski definition) is 1. The molecule has 152 valence electrons. The fraction of sp³-hybridized carbons (Fsp3) is 0.273. The Morgan fingerprint density at radius 3 is 2.48 bits per heavy atom. The van der Waals surface area contributed by atoms with Crippen LogP contribution in [0.5, 0.6) is 5.75 Å². The molecule has 0 aliphatic carbocycles. The van der Waals surface area contributed by atoms with Crippen molar-refractivity contribution in [2.45, 2.75) is 12.5 Å². The predicted molar refractivity (Wildman–Crippen MR) is 110 cm³/mol. The number of hydrogen-bond acceptors (Lipinski definition) is 5. The van der Waals surface area contributed by atoms with E-state index >= 15 is 0 Å². The maximum absolute atomic E-state index is 12.9. The maximum Gasteiger partial charge on any atom is 0.295 e. The third kappa shape index (κ3) is 4.28. The van der Waals surface area contributed by atoms with Gasteiger partial charge in [0.25, 0.3) is 11.7 Å². The van der Waals surface area contributed by atoms with Gasteiger partial charge in [0, 0.05) is 30.8 Å². The molecule has 1 aliphatic rings. The Bertz CT molecular complexity index is 938. The van der Waals surface area contributed by atoms with Crippen molar-refractivity contribution in [3.8, 4) is 5.75 Å². The Labute approximate surface area is 174 Å². The number of amides is 1. The first kappa shape index (κ1) is 20.9. The zero-order chi connectivity index (χ0) is 21.0. The van der Waals surface area contributed by atoms with Crippen molar-refractivity contribution in [3.05, 3.63) is 70.3 Å². The van der Waals surface area contributed by atoms with Crippen LogP contribution in [0, 0.1) is 0 Å². The number of Topliss-reactive ketones (excluding diaryl/α,β-unsaturated/α-hetero) is 1. The highest BCUT2D eigenvalue weighted by atomic mass is 35.5. The molecule has 6 nitrogen and oxygen atoms in total. The molecule has 0 saturated carbocycles. The predicted octanol–water partition coefficient (Wildman–Crippen LogP) is 3.81. The number of ketones is 1. The summed E-state index contributed by atoms with van der Waals surface area (Å²) in [5, 5.41) is 11.4. The Balaban J connectivity index is 2.10. The molecule has 0 bridgehead atoms. The van der Waals surface area contributed by atoms with Crippen LogP contribution in [0.3, 0.4) is 0 Å². The average molecular weight is 416 g/mol. The molecule has 0 radical (unpaired) electrons. The van der Waals surface area contributed by atoms with E-state index in [1.165, 1.54) is 4.90 Å². The van der Waals surface area contributed by atoms with E-state index in [1.807, 2.05) is 0 Å². The fourth-order valence-corrected chi connectivity index (χ4v) is 3.62. The number of carbonyl (C=O) groups excluding carboxylic acids is 2. The molecule has 1 saturated heterocycles. The molecule has 0 unspecified atom stereocenters. The van der Waals surface area contributed by atoms with E-state index < -0.39 is 17.7 Å². The van der Waals surface area contributed by atoms with Crippen LogP contribution in [0.25, 0.3) is 5.76 Å². The summed E-state index contributed by atoms with van der Waals surface area (Å²) in [4.78, 5) is 27.1. The second kappa shape index (κ2) is 9.11. The van der Waals surface area contributed by atoms with Crippen molar-refractivity contribution in [1.82, 2.24) is 4.90 Å². The Morgan fingerprint density at radius 2 is 1.86 bits per heavy atom. The normalized spacial score (nSPS) is 18.3. The van der Waals surface area contributed by atoms with Gasteiger partial charge in [-0.15, -0.1) is 0 Å². The summed E-state index contributed by atoms with van der Waals surface area (Å²) in [7, 11) is 3.12. The second-order valence-corrected chi connectivity index (χ2v) is 7.06. The first-order chi connectivity index (χ1) is 14.0. The van der Waals surface area contributed by atoms with Crippen molar-refractivity contribution >= 4 is 29.1 Å². The van der Waals surface area contributed by atoms with Gasteiger partial charge in [0.2, 0.25) is 0 Å². The molecule has 0 spiro atoms. The number of methoxy groups -OCH3 is 2. The highest BCUT2D eigenvalue weighted by molar-refractivity contribution is 6.46. The van der Waals surface area contributed by atoms with E-state index in [0.29, 0.717) is 41.5 Å². The number of aliphatic hydroxyl groups excluding tert-OH is 1. The van der Waals surface area contributed by atoms with Gasteiger partial charge in [-0.05, 0) is 48.4 Å². The summed E-state index contributed by atoms with van der Waals surface area (Å²) in [5.74, 6) is -0.986. The van der Waals surface area contributed by atoms with Crippen molar-refractivity contribution in [2.24, 2.45) is 0 Å². The van der Waals surface area contributed by atoms with Gasteiger partial charge in [-0.1, -0.05) is 23.7 Å². The van der Waals surface area contributed by atoms with Crippen LogP contribution in [0.1, 0.15) is 23.6 Å². The molecule has 2 aromatic rings. The standard InChI is InChI=1S/C22H22ClNO5/c1-28-12-4-11-24-19(15-5-3-6-16(23)13-15)18(21(26)22(24)27)20(25)14-7-9-17(29-2)10-8-14/h3,5-10,13,19,25H,4,11-12H2,1-2H3/t19-/m0/s1. The van der Waals surface area contributed by atoms with Gasteiger partial charge in [0.05, 0.1) is 18.7 Å². The Morgan fingerprint density at radius 1 is 1.14 bits per heavy atom. The van der Waals surface area contributed by atoms with Gasteiger partial charge in [-0.25, -0.2) is 0 Å². The van der Waals surface area contributed by atoms with Gasteiger partial charge < -0.3 is 19.5 Å². The van der Waals surface area contributed by atoms with E-state index in [4.69, 9.17) is 21.1 Å². The lowest BCUT2D eigenvalue weighted by molar-refractivity contribution is -0.140. The zero-order valence-electron chi connectivity index (χ0n) is 16.2. The minimum atomic E-state index is -0.729. The van der Waals surface area contributed by atoms with Crippen LogP contribution in [0.2, 0.25) is 5.02 Å². The molecule has 1 N–H and O–H groups in total. The van der Waals surface area contributed by atoms with Crippen molar-refractivity contribution in [1.29, 1.82) is 0 Å². The van der Waals surface area contributed by atoms with Crippen LogP contribution in [-0.2, 0) is 14.3 Å². The summed E-state index contributed by atoms with van der Waals surface area (Å²) in [6.45, 7) is 0.763. The summed E-state index contributed by atoms with van der Waals surface area (Å²) >= 11 is 6.15. The number of nitrogens with zero attached hydrogens (tertiary/aromatic N) is 1. The molecule has 1 amide bonds. The minimum absolute atomic E-state index is 0.0415. The topological polar surface area (TPSA) is 76.1 Å². The van der Waals surface area contributed by atoms with Crippen LogP contribution < -0.4 is 4.74 Å². The fourth-order valence-electron chi connectivity index (χ4n) is 3.42. The number of aliphatic hydroxyl groups is 1. The molecule has 1 fully saturated rings. The van der Waals surface area contributed by atoms with Crippen LogP contribution in [0.15, 0.2) is 54.1 Å². The van der Waals surface area contributed by atoms with Crippen molar-refractivity contribution in [2.75, 3.05) is 27.4 Å². The molecule has 2 aromatic carbocycles. The third-order valence-electron chi connectivity index (χ3n) is 4.82. The number of ether oxygens (including phenoxy) is 2. The number of benzene rings is 2. The van der Waals surface area contributed by atoms with Crippen molar-refractivity contribution < 1.29 is 24.2 Å².